The lowest BCUT2D eigenvalue weighted by Gasteiger charge is -2.29. The summed E-state index contributed by atoms with van der Waals surface area (Å²) in [6, 6.07) is 14.3. The van der Waals surface area contributed by atoms with Crippen molar-refractivity contribution in [1.29, 1.82) is 0 Å². The predicted octanol–water partition coefficient (Wildman–Crippen LogP) is 2.50. The summed E-state index contributed by atoms with van der Waals surface area (Å²) in [5, 5.41) is 1.08. The molecule has 0 unspecified atom stereocenters. The molecule has 2 aromatic rings. The second-order valence-corrected chi connectivity index (χ2v) is 9.42. The highest BCUT2D eigenvalue weighted by Crippen LogP contribution is 2.29. The van der Waals surface area contributed by atoms with Crippen molar-refractivity contribution in [3.63, 3.8) is 0 Å². The van der Waals surface area contributed by atoms with Gasteiger partial charge in [-0.05, 0) is 37.3 Å². The Morgan fingerprint density at radius 3 is 2.17 bits per heavy atom. The molecule has 0 saturated carbocycles. The van der Waals surface area contributed by atoms with Crippen LogP contribution in [-0.2, 0) is 19.9 Å². The molecule has 0 saturated heterocycles. The summed E-state index contributed by atoms with van der Waals surface area (Å²) in [5.74, 6) is -0.257. The van der Waals surface area contributed by atoms with Crippen molar-refractivity contribution in [1.82, 2.24) is 0 Å². The van der Waals surface area contributed by atoms with E-state index in [1.165, 1.54) is 22.5 Å². The van der Waals surface area contributed by atoms with Gasteiger partial charge in [0.05, 0.1) is 22.4 Å². The van der Waals surface area contributed by atoms with E-state index in [9.17, 15) is 16.8 Å². The number of benzene rings is 2. The highest BCUT2D eigenvalue weighted by molar-refractivity contribution is 7.95. The Bertz CT molecular complexity index is 963. The zero-order valence-corrected chi connectivity index (χ0v) is 14.7. The van der Waals surface area contributed by atoms with Gasteiger partial charge < -0.3 is 0 Å². The first-order valence-electron chi connectivity index (χ1n) is 7.37. The van der Waals surface area contributed by atoms with Crippen LogP contribution in [0.25, 0.3) is 0 Å². The minimum atomic E-state index is -3.89. The summed E-state index contributed by atoms with van der Waals surface area (Å²) in [7, 11) is -7.27. The molecule has 7 heteroatoms. The third-order valence-corrected chi connectivity index (χ3v) is 7.05. The molecule has 0 aromatic heterocycles. The molecule has 24 heavy (non-hydrogen) atoms. The number of anilines is 1. The molecule has 126 valence electrons. The molecule has 3 rings (SSSR count). The maximum Gasteiger partial charge on any atom is 0.264 e. The largest absolute Gasteiger partial charge is 0.264 e. The molecule has 0 aliphatic carbocycles. The lowest BCUT2D eigenvalue weighted by atomic mass is 10.2. The third kappa shape index (κ3) is 3.22. The first-order valence-corrected chi connectivity index (χ1v) is 10.5. The molecule has 1 atom stereocenters. The minimum Gasteiger partial charge on any atom is -0.258 e. The van der Waals surface area contributed by atoms with Gasteiger partial charge in [0.1, 0.15) is 0 Å². The number of aryl methyl sites for hydroxylation is 1. The van der Waals surface area contributed by atoms with Gasteiger partial charge in [0.25, 0.3) is 10.0 Å². The Morgan fingerprint density at radius 2 is 1.62 bits per heavy atom. The first kappa shape index (κ1) is 16.7. The quantitative estimate of drug-likeness (QED) is 0.837. The van der Waals surface area contributed by atoms with Crippen molar-refractivity contribution in [2.45, 2.75) is 17.9 Å². The maximum atomic E-state index is 13.1. The van der Waals surface area contributed by atoms with Gasteiger partial charge in [-0.3, -0.25) is 4.31 Å². The fourth-order valence-electron chi connectivity index (χ4n) is 2.61. The SMILES string of the molecule is Cc1ccc(S(=O)(=O)N(c2ccccc2)[C@H]2C=CS(=O)(=O)C2)cc1. The normalized spacial score (nSPS) is 19.3. The first-order chi connectivity index (χ1) is 11.3. The van der Waals surface area contributed by atoms with Gasteiger partial charge in [-0.1, -0.05) is 35.9 Å². The Balaban J connectivity index is 2.11. The zero-order chi connectivity index (χ0) is 17.4. The van der Waals surface area contributed by atoms with Crippen LogP contribution >= 0.6 is 0 Å². The summed E-state index contributed by atoms with van der Waals surface area (Å²) in [5.41, 5.74) is 1.38. The fourth-order valence-corrected chi connectivity index (χ4v) is 5.58. The minimum absolute atomic E-state index is 0.134. The average molecular weight is 363 g/mol. The zero-order valence-electron chi connectivity index (χ0n) is 13.0. The summed E-state index contributed by atoms with van der Waals surface area (Å²) < 4.78 is 51.0. The van der Waals surface area contributed by atoms with Crippen molar-refractivity contribution in [3.8, 4) is 0 Å². The molecule has 0 radical (unpaired) electrons. The van der Waals surface area contributed by atoms with Gasteiger partial charge in [0, 0.05) is 5.41 Å². The van der Waals surface area contributed by atoms with E-state index in [2.05, 4.69) is 0 Å². The monoisotopic (exact) mass is 363 g/mol. The van der Waals surface area contributed by atoms with E-state index >= 15 is 0 Å². The van der Waals surface area contributed by atoms with Crippen LogP contribution in [0.5, 0.6) is 0 Å². The van der Waals surface area contributed by atoms with Gasteiger partial charge in [0.2, 0.25) is 0 Å². The fraction of sp³-hybridized carbons (Fsp3) is 0.176. The highest BCUT2D eigenvalue weighted by atomic mass is 32.2. The number of hydrogen-bond donors (Lipinski definition) is 0. The Kier molecular flexibility index (Phi) is 4.23. The van der Waals surface area contributed by atoms with Gasteiger partial charge in [-0.2, -0.15) is 0 Å². The molecule has 0 amide bonds. The van der Waals surface area contributed by atoms with Crippen molar-refractivity contribution in [2.24, 2.45) is 0 Å². The third-order valence-electron chi connectivity index (χ3n) is 3.80. The molecule has 0 N–H and O–H groups in total. The molecule has 1 aliphatic heterocycles. The Morgan fingerprint density at radius 1 is 1.00 bits per heavy atom. The lowest BCUT2D eigenvalue weighted by Crippen LogP contribution is -2.41. The number of sulfone groups is 1. The molecule has 1 heterocycles. The van der Waals surface area contributed by atoms with Gasteiger partial charge in [-0.25, -0.2) is 16.8 Å². The van der Waals surface area contributed by atoms with Crippen LogP contribution in [0.1, 0.15) is 5.56 Å². The Hall–Kier alpha value is -2.12. The number of sulfonamides is 1. The number of hydrogen-bond acceptors (Lipinski definition) is 4. The molecule has 1 aliphatic rings. The van der Waals surface area contributed by atoms with Gasteiger partial charge in [0.15, 0.2) is 9.84 Å². The van der Waals surface area contributed by atoms with Crippen LogP contribution < -0.4 is 4.31 Å². The Labute approximate surface area is 142 Å². The van der Waals surface area contributed by atoms with E-state index in [1.54, 1.807) is 42.5 Å². The summed E-state index contributed by atoms with van der Waals surface area (Å²) in [4.78, 5) is 0.134. The highest BCUT2D eigenvalue weighted by Gasteiger charge is 2.35. The van der Waals surface area contributed by atoms with Crippen LogP contribution in [0.3, 0.4) is 0 Å². The van der Waals surface area contributed by atoms with Crippen LogP contribution in [0, 0.1) is 6.92 Å². The van der Waals surface area contributed by atoms with Crippen molar-refractivity contribution >= 4 is 25.5 Å². The van der Waals surface area contributed by atoms with E-state index in [4.69, 9.17) is 0 Å². The van der Waals surface area contributed by atoms with E-state index in [-0.39, 0.29) is 10.6 Å². The van der Waals surface area contributed by atoms with Crippen LogP contribution in [-0.4, -0.2) is 28.6 Å². The van der Waals surface area contributed by atoms with Crippen molar-refractivity contribution in [2.75, 3.05) is 10.1 Å². The average Bonchev–Trinajstić information content (AvgIpc) is 2.88. The van der Waals surface area contributed by atoms with Crippen LogP contribution in [0.4, 0.5) is 5.69 Å². The smallest absolute Gasteiger partial charge is 0.258 e. The van der Waals surface area contributed by atoms with E-state index in [0.29, 0.717) is 5.69 Å². The van der Waals surface area contributed by atoms with Gasteiger partial charge in [-0.15, -0.1) is 0 Å². The second kappa shape index (κ2) is 6.07. The molecule has 2 aromatic carbocycles. The van der Waals surface area contributed by atoms with Crippen molar-refractivity contribution < 1.29 is 16.8 Å². The molecule has 5 nitrogen and oxygen atoms in total. The van der Waals surface area contributed by atoms with Crippen molar-refractivity contribution in [3.05, 3.63) is 71.6 Å². The van der Waals surface area contributed by atoms with Crippen LogP contribution in [0.2, 0.25) is 0 Å². The molecular weight excluding hydrogens is 346 g/mol. The van der Waals surface area contributed by atoms with E-state index in [1.807, 2.05) is 6.92 Å². The summed E-state index contributed by atoms with van der Waals surface area (Å²) in [6.07, 6.45) is 1.42. The standard InChI is InChI=1S/C17H17NO4S2/c1-14-7-9-17(10-8-14)24(21,22)18(15-5-3-2-4-6-15)16-11-12-23(19,20)13-16/h2-12,16H,13H2,1H3/t16-/m0/s1. The lowest BCUT2D eigenvalue weighted by molar-refractivity contribution is 0.586. The topological polar surface area (TPSA) is 71.5 Å². The van der Waals surface area contributed by atoms with Gasteiger partial charge >= 0.3 is 0 Å². The molecule has 0 fully saturated rings. The summed E-state index contributed by atoms with van der Waals surface area (Å²) >= 11 is 0. The molecule has 0 bridgehead atoms. The van der Waals surface area contributed by atoms with Crippen LogP contribution in [0.15, 0.2) is 71.0 Å². The predicted molar refractivity (Wildman–Crippen MR) is 94.0 cm³/mol. The maximum absolute atomic E-state index is 13.1. The number of para-hydroxylation sites is 1. The summed E-state index contributed by atoms with van der Waals surface area (Å²) in [6.45, 7) is 1.87. The second-order valence-electron chi connectivity index (χ2n) is 5.67. The molecule has 0 spiro atoms. The molecular formula is C17H17NO4S2. The number of rotatable bonds is 4. The number of nitrogens with zero attached hydrogens (tertiary/aromatic N) is 1. The van der Waals surface area contributed by atoms with E-state index < -0.39 is 25.9 Å². The van der Waals surface area contributed by atoms with E-state index in [0.717, 1.165) is 11.0 Å².